The fourth-order valence-corrected chi connectivity index (χ4v) is 1.92. The van der Waals surface area contributed by atoms with E-state index in [4.69, 9.17) is 0 Å². The van der Waals surface area contributed by atoms with Crippen LogP contribution < -0.4 is 0 Å². The Kier molecular flexibility index (Phi) is 4.30. The quantitative estimate of drug-likeness (QED) is 0.688. The Balaban J connectivity index is 2.03. The van der Waals surface area contributed by atoms with Crippen LogP contribution in [0.15, 0.2) is 65.7 Å². The van der Waals surface area contributed by atoms with Crippen LogP contribution in [-0.2, 0) is 0 Å². The van der Waals surface area contributed by atoms with E-state index in [0.717, 1.165) is 0 Å². The van der Waals surface area contributed by atoms with E-state index in [1.165, 1.54) is 11.1 Å². The lowest BCUT2D eigenvalue weighted by Crippen LogP contribution is -1.97. The highest BCUT2D eigenvalue weighted by molar-refractivity contribution is 5.67. The molecule has 0 N–H and O–H groups in total. The van der Waals surface area contributed by atoms with Gasteiger partial charge in [-0.3, -0.25) is 4.99 Å². The molecule has 0 aliphatic carbocycles. The first-order valence-corrected chi connectivity index (χ1v) is 6.40. The van der Waals surface area contributed by atoms with Gasteiger partial charge in [0.15, 0.2) is 0 Å². The largest absolute Gasteiger partial charge is 0.289 e. The Bertz CT molecular complexity index is 440. The standard InChI is InChI=1S/C17H19N/c1-14(16-9-5-3-6-10-16)13-18-15(2)17-11-7-4-8-12-17/h3-15H,1-2H3. The van der Waals surface area contributed by atoms with Crippen molar-refractivity contribution in [2.45, 2.75) is 25.8 Å². The molecule has 2 aromatic rings. The summed E-state index contributed by atoms with van der Waals surface area (Å²) in [6.45, 7) is 4.31. The summed E-state index contributed by atoms with van der Waals surface area (Å²) >= 11 is 0. The summed E-state index contributed by atoms with van der Waals surface area (Å²) in [6, 6.07) is 21.1. The van der Waals surface area contributed by atoms with Crippen LogP contribution >= 0.6 is 0 Å². The molecule has 0 amide bonds. The molecule has 92 valence electrons. The Morgan fingerprint density at radius 1 is 0.778 bits per heavy atom. The number of hydrogen-bond acceptors (Lipinski definition) is 1. The minimum absolute atomic E-state index is 0.220. The summed E-state index contributed by atoms with van der Waals surface area (Å²) in [7, 11) is 0. The lowest BCUT2D eigenvalue weighted by Gasteiger charge is -2.09. The van der Waals surface area contributed by atoms with Gasteiger partial charge in [0.25, 0.3) is 0 Å². The zero-order chi connectivity index (χ0) is 12.8. The van der Waals surface area contributed by atoms with Crippen LogP contribution in [0.25, 0.3) is 0 Å². The van der Waals surface area contributed by atoms with Crippen molar-refractivity contribution in [3.8, 4) is 0 Å². The van der Waals surface area contributed by atoms with Crippen LogP contribution in [0.3, 0.4) is 0 Å². The van der Waals surface area contributed by atoms with Gasteiger partial charge >= 0.3 is 0 Å². The second-order valence-electron chi connectivity index (χ2n) is 4.58. The lowest BCUT2D eigenvalue weighted by atomic mass is 10.0. The van der Waals surface area contributed by atoms with E-state index >= 15 is 0 Å². The molecule has 2 unspecified atom stereocenters. The predicted molar refractivity (Wildman–Crippen MR) is 78.2 cm³/mol. The number of benzene rings is 2. The first kappa shape index (κ1) is 12.6. The molecule has 0 spiro atoms. The average molecular weight is 237 g/mol. The monoisotopic (exact) mass is 237 g/mol. The summed E-state index contributed by atoms with van der Waals surface area (Å²) in [5.74, 6) is 0.359. The number of rotatable bonds is 4. The number of aliphatic imine (C=N–C) groups is 1. The summed E-state index contributed by atoms with van der Waals surface area (Å²) in [4.78, 5) is 4.65. The molecule has 0 radical (unpaired) electrons. The Labute approximate surface area is 109 Å². The van der Waals surface area contributed by atoms with Crippen LogP contribution in [0.1, 0.15) is 36.9 Å². The van der Waals surface area contributed by atoms with Crippen LogP contribution in [0, 0.1) is 0 Å². The molecule has 0 fully saturated rings. The van der Waals surface area contributed by atoms with Crippen molar-refractivity contribution < 1.29 is 0 Å². The second-order valence-corrected chi connectivity index (χ2v) is 4.58. The summed E-state index contributed by atoms with van der Waals surface area (Å²) < 4.78 is 0. The molecule has 0 saturated heterocycles. The van der Waals surface area contributed by atoms with E-state index in [9.17, 15) is 0 Å². The maximum atomic E-state index is 4.65. The molecule has 0 saturated carbocycles. The van der Waals surface area contributed by atoms with Crippen molar-refractivity contribution in [1.29, 1.82) is 0 Å². The van der Waals surface area contributed by atoms with Gasteiger partial charge in [0.2, 0.25) is 0 Å². The molecule has 0 aliphatic rings. The first-order valence-electron chi connectivity index (χ1n) is 6.40. The number of nitrogens with zero attached hydrogens (tertiary/aromatic N) is 1. The highest BCUT2D eigenvalue weighted by atomic mass is 14.8. The highest BCUT2D eigenvalue weighted by Gasteiger charge is 2.04. The van der Waals surface area contributed by atoms with Gasteiger partial charge in [0.1, 0.15) is 0 Å². The molecule has 2 atom stereocenters. The molecule has 18 heavy (non-hydrogen) atoms. The Hall–Kier alpha value is -1.89. The molecule has 0 bridgehead atoms. The maximum absolute atomic E-state index is 4.65. The van der Waals surface area contributed by atoms with Crippen molar-refractivity contribution in [2.24, 2.45) is 4.99 Å². The van der Waals surface area contributed by atoms with Crippen molar-refractivity contribution in [1.82, 2.24) is 0 Å². The second kappa shape index (κ2) is 6.15. The van der Waals surface area contributed by atoms with Crippen molar-refractivity contribution in [3.05, 3.63) is 71.8 Å². The Morgan fingerprint density at radius 3 is 1.83 bits per heavy atom. The third-order valence-electron chi connectivity index (χ3n) is 3.14. The fraction of sp³-hybridized carbons (Fsp3) is 0.235. The van der Waals surface area contributed by atoms with Crippen molar-refractivity contribution >= 4 is 6.21 Å². The van der Waals surface area contributed by atoms with E-state index in [1.54, 1.807) is 0 Å². The van der Waals surface area contributed by atoms with Gasteiger partial charge in [-0.05, 0) is 18.1 Å². The average Bonchev–Trinajstić information content (AvgIpc) is 2.46. The topological polar surface area (TPSA) is 12.4 Å². The van der Waals surface area contributed by atoms with Gasteiger partial charge in [-0.2, -0.15) is 0 Å². The van der Waals surface area contributed by atoms with E-state index in [2.05, 4.69) is 67.4 Å². The third-order valence-corrected chi connectivity index (χ3v) is 3.14. The smallest absolute Gasteiger partial charge is 0.0717 e. The third kappa shape index (κ3) is 3.30. The molecule has 1 heteroatoms. The van der Waals surface area contributed by atoms with Gasteiger partial charge < -0.3 is 0 Å². The summed E-state index contributed by atoms with van der Waals surface area (Å²) in [6.07, 6.45) is 2.05. The molecule has 0 aromatic heterocycles. The highest BCUT2D eigenvalue weighted by Crippen LogP contribution is 2.18. The predicted octanol–water partition coefficient (Wildman–Crippen LogP) is 4.62. The van der Waals surface area contributed by atoms with Crippen molar-refractivity contribution in [3.63, 3.8) is 0 Å². The molecule has 1 nitrogen and oxygen atoms in total. The van der Waals surface area contributed by atoms with E-state index in [1.807, 2.05) is 18.3 Å². The van der Waals surface area contributed by atoms with Crippen molar-refractivity contribution in [2.75, 3.05) is 0 Å². The summed E-state index contributed by atoms with van der Waals surface area (Å²) in [5, 5.41) is 0. The van der Waals surface area contributed by atoms with Gasteiger partial charge in [-0.15, -0.1) is 0 Å². The fourth-order valence-electron chi connectivity index (χ4n) is 1.92. The van der Waals surface area contributed by atoms with E-state index in [0.29, 0.717) is 5.92 Å². The molecule has 0 heterocycles. The molecule has 0 aliphatic heterocycles. The van der Waals surface area contributed by atoms with Gasteiger partial charge in [-0.1, -0.05) is 67.6 Å². The van der Waals surface area contributed by atoms with E-state index < -0.39 is 0 Å². The Morgan fingerprint density at radius 2 is 1.28 bits per heavy atom. The zero-order valence-electron chi connectivity index (χ0n) is 11.0. The van der Waals surface area contributed by atoms with Gasteiger partial charge in [0.05, 0.1) is 6.04 Å². The number of hydrogen-bond donors (Lipinski definition) is 0. The lowest BCUT2D eigenvalue weighted by molar-refractivity contribution is 0.815. The van der Waals surface area contributed by atoms with Gasteiger partial charge in [0, 0.05) is 12.1 Å². The van der Waals surface area contributed by atoms with E-state index in [-0.39, 0.29) is 6.04 Å². The zero-order valence-corrected chi connectivity index (χ0v) is 11.0. The minimum atomic E-state index is 0.220. The maximum Gasteiger partial charge on any atom is 0.0717 e. The van der Waals surface area contributed by atoms with Gasteiger partial charge in [-0.25, -0.2) is 0 Å². The molecular formula is C17H19N. The molecular weight excluding hydrogens is 218 g/mol. The normalized spacial score (nSPS) is 14.6. The first-order chi connectivity index (χ1) is 8.77. The SMILES string of the molecule is CC(C=NC(C)c1ccccc1)c1ccccc1. The summed E-state index contributed by atoms with van der Waals surface area (Å²) in [5.41, 5.74) is 2.57. The van der Waals surface area contributed by atoms with Crippen LogP contribution in [-0.4, -0.2) is 6.21 Å². The molecule has 2 aromatic carbocycles. The van der Waals surface area contributed by atoms with Crippen LogP contribution in [0.5, 0.6) is 0 Å². The molecule has 2 rings (SSSR count). The minimum Gasteiger partial charge on any atom is -0.289 e. The van der Waals surface area contributed by atoms with Crippen LogP contribution in [0.4, 0.5) is 0 Å². The van der Waals surface area contributed by atoms with Crippen LogP contribution in [0.2, 0.25) is 0 Å².